The number of carbonyl (C=O) groups is 2. The highest BCUT2D eigenvalue weighted by Crippen LogP contribution is 2.53. The molecule has 0 spiro atoms. The maximum Gasteiger partial charge on any atom is 0.487 e. The molecule has 2 amide bonds. The number of halogens is 1. The van der Waals surface area contributed by atoms with Gasteiger partial charge in [-0.2, -0.15) is 0 Å². The fourth-order valence-corrected chi connectivity index (χ4v) is 7.04. The largest absolute Gasteiger partial charge is 0.508 e. The third kappa shape index (κ3) is 3.98. The maximum atomic E-state index is 13.7. The molecule has 176 valence electrons. The van der Waals surface area contributed by atoms with E-state index in [-0.39, 0.29) is 35.4 Å². The summed E-state index contributed by atoms with van der Waals surface area (Å²) in [5.74, 6) is -1.06. The molecule has 0 radical (unpaired) electrons. The summed E-state index contributed by atoms with van der Waals surface area (Å²) in [4.78, 5) is 28.9. The fraction of sp³-hybridized carbons (Fsp3) is 0.600. The van der Waals surface area contributed by atoms with Gasteiger partial charge in [0, 0.05) is 16.1 Å². The smallest absolute Gasteiger partial charge is 0.487 e. The highest BCUT2D eigenvalue weighted by molar-refractivity contribution is 9.10. The van der Waals surface area contributed by atoms with Crippen molar-refractivity contribution in [3.05, 3.63) is 39.3 Å². The SMILES string of the molecule is CCCC1=C2B(O)O[C@H](c3cc(Br)ccc3O)C[C@H]2[C@H]2C(=O)N(C3CCCCC3)C(=O)[C@H]2C1. The van der Waals surface area contributed by atoms with Crippen molar-refractivity contribution in [2.45, 2.75) is 76.9 Å². The zero-order valence-electron chi connectivity index (χ0n) is 19.0. The molecule has 2 heterocycles. The second-order valence-electron chi connectivity index (χ2n) is 10.0. The van der Waals surface area contributed by atoms with Crippen molar-refractivity contribution in [1.82, 2.24) is 4.90 Å². The van der Waals surface area contributed by atoms with Gasteiger partial charge in [-0.3, -0.25) is 14.5 Å². The predicted molar refractivity (Wildman–Crippen MR) is 128 cm³/mol. The van der Waals surface area contributed by atoms with Crippen LogP contribution in [0, 0.1) is 17.8 Å². The first-order valence-corrected chi connectivity index (χ1v) is 13.1. The molecular weight excluding hydrogens is 485 g/mol. The van der Waals surface area contributed by atoms with E-state index in [0.717, 1.165) is 60.5 Å². The van der Waals surface area contributed by atoms with Crippen LogP contribution in [-0.4, -0.2) is 40.0 Å². The van der Waals surface area contributed by atoms with Gasteiger partial charge in [0.05, 0.1) is 17.9 Å². The number of rotatable bonds is 4. The lowest BCUT2D eigenvalue weighted by molar-refractivity contribution is -0.143. The number of benzene rings is 1. The van der Waals surface area contributed by atoms with Crippen LogP contribution in [0.4, 0.5) is 0 Å². The first kappa shape index (κ1) is 23.1. The van der Waals surface area contributed by atoms with Crippen LogP contribution in [0.2, 0.25) is 0 Å². The molecule has 0 aromatic heterocycles. The third-order valence-corrected chi connectivity index (χ3v) is 8.57. The van der Waals surface area contributed by atoms with Crippen LogP contribution in [0.25, 0.3) is 0 Å². The van der Waals surface area contributed by atoms with Gasteiger partial charge in [-0.15, -0.1) is 0 Å². The Morgan fingerprint density at radius 3 is 2.64 bits per heavy atom. The molecule has 2 saturated heterocycles. The average Bonchev–Trinajstić information content (AvgIpc) is 3.05. The van der Waals surface area contributed by atoms with Crippen molar-refractivity contribution in [3.8, 4) is 5.75 Å². The van der Waals surface area contributed by atoms with Crippen LogP contribution in [-0.2, 0) is 14.2 Å². The quantitative estimate of drug-likeness (QED) is 0.448. The Bertz CT molecular complexity index is 991. The minimum Gasteiger partial charge on any atom is -0.508 e. The number of phenols is 1. The van der Waals surface area contributed by atoms with E-state index in [9.17, 15) is 19.7 Å². The second-order valence-corrected chi connectivity index (χ2v) is 10.9. The van der Waals surface area contributed by atoms with E-state index in [2.05, 4.69) is 22.9 Å². The van der Waals surface area contributed by atoms with Gasteiger partial charge >= 0.3 is 7.12 Å². The standard InChI is InChI=1S/C25H31BBrNO5/c1-2-6-14-11-19-22(25(31)28(24(19)30)16-7-4-3-5-8-16)18-13-21(33-26(32)23(14)18)17-12-15(27)9-10-20(17)29/h9-10,12,16,18-19,21-22,29,32H,2-8,11,13H2,1H3/t18-,19-,21-,22+/m0/s1. The molecule has 0 bridgehead atoms. The molecule has 2 aliphatic carbocycles. The monoisotopic (exact) mass is 515 g/mol. The van der Waals surface area contributed by atoms with Crippen LogP contribution in [0.3, 0.4) is 0 Å². The van der Waals surface area contributed by atoms with Gasteiger partial charge in [0.25, 0.3) is 0 Å². The number of hydrogen-bond donors (Lipinski definition) is 2. The molecule has 3 fully saturated rings. The zero-order valence-corrected chi connectivity index (χ0v) is 20.6. The lowest BCUT2D eigenvalue weighted by Crippen LogP contribution is -2.45. The molecule has 1 aromatic carbocycles. The van der Waals surface area contributed by atoms with Crippen molar-refractivity contribution in [2.75, 3.05) is 0 Å². The fourth-order valence-electron chi connectivity index (χ4n) is 6.66. The molecule has 1 aromatic rings. The van der Waals surface area contributed by atoms with E-state index in [1.807, 2.05) is 0 Å². The summed E-state index contributed by atoms with van der Waals surface area (Å²) in [6.07, 6.45) is 7.19. The summed E-state index contributed by atoms with van der Waals surface area (Å²) in [6.45, 7) is 2.09. The number of allylic oxidation sites excluding steroid dienone is 2. The second kappa shape index (κ2) is 9.19. The van der Waals surface area contributed by atoms with E-state index >= 15 is 0 Å². The average molecular weight is 516 g/mol. The summed E-state index contributed by atoms with van der Waals surface area (Å²) in [6, 6.07) is 5.16. The lowest BCUT2D eigenvalue weighted by Gasteiger charge is -2.42. The van der Waals surface area contributed by atoms with Gasteiger partial charge in [0.15, 0.2) is 0 Å². The normalized spacial score (nSPS) is 30.6. The highest BCUT2D eigenvalue weighted by Gasteiger charge is 2.58. The van der Waals surface area contributed by atoms with Crippen LogP contribution >= 0.6 is 15.9 Å². The van der Waals surface area contributed by atoms with Crippen molar-refractivity contribution in [2.24, 2.45) is 17.8 Å². The molecule has 2 aliphatic heterocycles. The summed E-state index contributed by atoms with van der Waals surface area (Å²) < 4.78 is 6.82. The number of nitrogens with zero attached hydrogens (tertiary/aromatic N) is 1. The molecular formula is C25H31BBrNO5. The van der Waals surface area contributed by atoms with Crippen molar-refractivity contribution >= 4 is 34.9 Å². The number of aromatic hydroxyl groups is 1. The zero-order chi connectivity index (χ0) is 23.3. The Labute approximate surface area is 203 Å². The number of fused-ring (bicyclic) bond motifs is 3. The van der Waals surface area contributed by atoms with Crippen LogP contribution in [0.5, 0.6) is 5.75 Å². The Morgan fingerprint density at radius 1 is 1.15 bits per heavy atom. The topological polar surface area (TPSA) is 87.1 Å². The van der Waals surface area contributed by atoms with Crippen molar-refractivity contribution < 1.29 is 24.4 Å². The van der Waals surface area contributed by atoms with Crippen LogP contribution in [0.15, 0.2) is 33.7 Å². The molecule has 6 nitrogen and oxygen atoms in total. The Balaban J connectivity index is 1.52. The molecule has 2 N–H and O–H groups in total. The van der Waals surface area contributed by atoms with Gasteiger partial charge in [0.2, 0.25) is 11.8 Å². The minimum absolute atomic E-state index is 0.0112. The summed E-state index contributed by atoms with van der Waals surface area (Å²) in [5.41, 5.74) is 2.46. The summed E-state index contributed by atoms with van der Waals surface area (Å²) in [7, 11) is -1.14. The molecule has 1 saturated carbocycles. The van der Waals surface area contributed by atoms with E-state index in [4.69, 9.17) is 4.65 Å². The number of amides is 2. The van der Waals surface area contributed by atoms with Crippen molar-refractivity contribution in [3.63, 3.8) is 0 Å². The van der Waals surface area contributed by atoms with Crippen LogP contribution in [0.1, 0.15) is 76.4 Å². The first-order chi connectivity index (χ1) is 15.9. The Morgan fingerprint density at radius 2 is 1.91 bits per heavy atom. The number of hydrogen-bond acceptors (Lipinski definition) is 5. The third-order valence-electron chi connectivity index (χ3n) is 8.07. The number of phenolic OH excluding ortho intramolecular Hbond substituents is 1. The van der Waals surface area contributed by atoms with Gasteiger partial charge in [0.1, 0.15) is 5.75 Å². The molecule has 0 unspecified atom stereocenters. The molecule has 33 heavy (non-hydrogen) atoms. The lowest BCUT2D eigenvalue weighted by atomic mass is 9.54. The van der Waals surface area contributed by atoms with Crippen LogP contribution < -0.4 is 0 Å². The molecule has 5 rings (SSSR count). The molecule has 4 aliphatic rings. The van der Waals surface area contributed by atoms with E-state index in [0.29, 0.717) is 18.4 Å². The number of imide groups is 1. The van der Waals surface area contributed by atoms with Crippen molar-refractivity contribution in [1.29, 1.82) is 0 Å². The van der Waals surface area contributed by atoms with Gasteiger partial charge < -0.3 is 14.8 Å². The van der Waals surface area contributed by atoms with Gasteiger partial charge in [-0.25, -0.2) is 0 Å². The van der Waals surface area contributed by atoms with E-state index in [1.54, 1.807) is 23.1 Å². The summed E-state index contributed by atoms with van der Waals surface area (Å²) >= 11 is 3.45. The van der Waals surface area contributed by atoms with E-state index < -0.39 is 19.1 Å². The Hall–Kier alpha value is -1.64. The highest BCUT2D eigenvalue weighted by atomic mass is 79.9. The molecule has 4 atom stereocenters. The number of carbonyl (C=O) groups excluding carboxylic acids is 2. The first-order valence-electron chi connectivity index (χ1n) is 12.3. The molecule has 8 heteroatoms. The van der Waals surface area contributed by atoms with Gasteiger partial charge in [-0.05, 0) is 61.7 Å². The van der Waals surface area contributed by atoms with E-state index in [1.165, 1.54) is 0 Å². The number of likely N-dealkylation sites (tertiary alicyclic amines) is 1. The summed E-state index contributed by atoms with van der Waals surface area (Å²) in [5, 5.41) is 21.6. The Kier molecular flexibility index (Phi) is 6.44. The maximum absolute atomic E-state index is 13.7. The predicted octanol–water partition coefficient (Wildman–Crippen LogP) is 4.69. The minimum atomic E-state index is -1.14. The van der Waals surface area contributed by atoms with Gasteiger partial charge in [-0.1, -0.05) is 54.1 Å².